The van der Waals surface area contributed by atoms with Gasteiger partial charge in [-0.05, 0) is 133 Å². The van der Waals surface area contributed by atoms with Gasteiger partial charge in [-0.3, -0.25) is 0 Å². The third kappa shape index (κ3) is 6.18. The minimum Gasteiger partial charge on any atom is -0.497 e. The molecular weight excluding hydrogens is 619 g/mol. The van der Waals surface area contributed by atoms with Crippen molar-refractivity contribution in [3.8, 4) is 23.0 Å². The minimum atomic E-state index is 0.810. The van der Waals surface area contributed by atoms with E-state index in [2.05, 4.69) is 100 Å². The summed E-state index contributed by atoms with van der Waals surface area (Å²) in [6, 6.07) is 45.5. The Morgan fingerprint density at radius 1 is 0.375 bits per heavy atom. The molecule has 0 bridgehead atoms. The fourth-order valence-electron chi connectivity index (χ4n) is 5.76. The molecule has 0 aliphatic carbocycles. The maximum Gasteiger partial charge on any atom is 0.119 e. The molecule has 0 amide bonds. The molecule has 1 aliphatic heterocycles. The Hall–Kier alpha value is -5.73. The number of fused-ring (bicyclic) bond motifs is 2. The van der Waals surface area contributed by atoms with Gasteiger partial charge in [-0.15, -0.1) is 0 Å². The van der Waals surface area contributed by atoms with Crippen molar-refractivity contribution in [3.63, 3.8) is 0 Å². The van der Waals surface area contributed by atoms with Gasteiger partial charge in [-0.25, -0.2) is 0 Å². The molecular formula is C40H35N3O4S. The number of anilines is 8. The number of benzene rings is 6. The number of rotatable bonds is 10. The van der Waals surface area contributed by atoms with Crippen LogP contribution in [0.2, 0.25) is 0 Å². The van der Waals surface area contributed by atoms with Crippen LogP contribution in [0.15, 0.2) is 143 Å². The van der Waals surface area contributed by atoms with Crippen LogP contribution in [0.25, 0.3) is 0 Å². The zero-order valence-corrected chi connectivity index (χ0v) is 28.0. The number of hydrogen-bond acceptors (Lipinski definition) is 8. The Morgan fingerprint density at radius 3 is 0.917 bits per heavy atom. The molecule has 48 heavy (non-hydrogen) atoms. The second kappa shape index (κ2) is 13.6. The van der Waals surface area contributed by atoms with Crippen molar-refractivity contribution >= 4 is 57.3 Å². The average molecular weight is 654 g/mol. The van der Waals surface area contributed by atoms with Crippen LogP contribution in [-0.4, -0.2) is 28.4 Å². The van der Waals surface area contributed by atoms with Crippen molar-refractivity contribution in [1.29, 1.82) is 0 Å². The smallest absolute Gasteiger partial charge is 0.119 e. The van der Waals surface area contributed by atoms with Crippen molar-refractivity contribution in [3.05, 3.63) is 133 Å². The molecule has 8 heteroatoms. The number of nitrogens with zero attached hydrogens (tertiary/aromatic N) is 2. The van der Waals surface area contributed by atoms with Crippen LogP contribution in [0.4, 0.5) is 45.5 Å². The molecule has 0 fully saturated rings. The highest BCUT2D eigenvalue weighted by Gasteiger charge is 2.22. The zero-order chi connectivity index (χ0) is 33.0. The first-order chi connectivity index (χ1) is 23.6. The highest BCUT2D eigenvalue weighted by Crippen LogP contribution is 2.49. The predicted molar refractivity (Wildman–Crippen MR) is 196 cm³/mol. The Morgan fingerprint density at radius 2 is 0.646 bits per heavy atom. The maximum atomic E-state index is 5.44. The summed E-state index contributed by atoms with van der Waals surface area (Å²) >= 11 is 1.75. The molecule has 7 rings (SSSR count). The van der Waals surface area contributed by atoms with Crippen molar-refractivity contribution in [2.75, 3.05) is 43.6 Å². The Labute approximate surface area is 285 Å². The first-order valence-corrected chi connectivity index (χ1v) is 16.3. The summed E-state index contributed by atoms with van der Waals surface area (Å²) in [4.78, 5) is 6.73. The lowest BCUT2D eigenvalue weighted by Gasteiger charge is -2.29. The van der Waals surface area contributed by atoms with Gasteiger partial charge >= 0.3 is 0 Å². The number of methoxy groups -OCH3 is 4. The number of nitrogens with one attached hydrogen (secondary N) is 1. The summed E-state index contributed by atoms with van der Waals surface area (Å²) < 4.78 is 21.8. The first-order valence-electron chi connectivity index (χ1n) is 15.5. The molecule has 240 valence electrons. The molecule has 0 unspecified atom stereocenters. The zero-order valence-electron chi connectivity index (χ0n) is 27.1. The van der Waals surface area contributed by atoms with Gasteiger partial charge in [0.15, 0.2) is 0 Å². The van der Waals surface area contributed by atoms with Crippen molar-refractivity contribution < 1.29 is 18.9 Å². The highest BCUT2D eigenvalue weighted by molar-refractivity contribution is 7.99. The van der Waals surface area contributed by atoms with Crippen LogP contribution >= 0.6 is 11.8 Å². The van der Waals surface area contributed by atoms with E-state index < -0.39 is 0 Å². The lowest BCUT2D eigenvalue weighted by Crippen LogP contribution is -2.12. The summed E-state index contributed by atoms with van der Waals surface area (Å²) in [5.41, 5.74) is 8.29. The number of ether oxygens (including phenoxy) is 4. The van der Waals surface area contributed by atoms with E-state index in [1.54, 1.807) is 40.2 Å². The van der Waals surface area contributed by atoms with Gasteiger partial charge in [0.05, 0.1) is 39.8 Å². The van der Waals surface area contributed by atoms with E-state index in [-0.39, 0.29) is 0 Å². The molecule has 1 heterocycles. The second-order valence-electron chi connectivity index (χ2n) is 11.1. The van der Waals surface area contributed by atoms with E-state index in [4.69, 9.17) is 18.9 Å². The standard InChI is InChI=1S/C40H35N3O4S/c1-44-33-15-5-27(6-16-33)42(28-7-17-34(45-2)18-8-28)31-13-23-37-39(25-31)48-40-26-32(14-24-38(40)41-37)43(29-9-19-35(46-3)20-10-29)30-11-21-36(47-4)22-12-30/h5-26,41H,1-4H3. The SMILES string of the molecule is COc1ccc(N(c2ccc(OC)cc2)c2ccc3c(c2)Sc2cc(N(c4ccc(OC)cc4)c4ccc(OC)cc4)ccc2N3)cc1. The number of hydrogen-bond donors (Lipinski definition) is 1. The normalized spacial score (nSPS) is 11.4. The quantitative estimate of drug-likeness (QED) is 0.157. The van der Waals surface area contributed by atoms with E-state index in [0.29, 0.717) is 0 Å². The topological polar surface area (TPSA) is 55.4 Å². The third-order valence-corrected chi connectivity index (χ3v) is 9.37. The maximum absolute atomic E-state index is 5.44. The molecule has 0 atom stereocenters. The van der Waals surface area contributed by atoms with Crippen LogP contribution in [-0.2, 0) is 0 Å². The monoisotopic (exact) mass is 653 g/mol. The summed E-state index contributed by atoms with van der Waals surface area (Å²) in [5.74, 6) is 3.24. The van der Waals surface area contributed by atoms with Crippen LogP contribution < -0.4 is 34.1 Å². The van der Waals surface area contributed by atoms with E-state index in [1.807, 2.05) is 48.5 Å². The van der Waals surface area contributed by atoms with Crippen LogP contribution in [0, 0.1) is 0 Å². The largest absolute Gasteiger partial charge is 0.497 e. The molecule has 1 N–H and O–H groups in total. The molecule has 1 aliphatic rings. The van der Waals surface area contributed by atoms with E-state index in [1.165, 1.54) is 0 Å². The fraction of sp³-hybridized carbons (Fsp3) is 0.100. The van der Waals surface area contributed by atoms with Crippen molar-refractivity contribution in [1.82, 2.24) is 0 Å². The molecule has 0 saturated carbocycles. The average Bonchev–Trinajstić information content (AvgIpc) is 3.15. The van der Waals surface area contributed by atoms with E-state index in [0.717, 1.165) is 78.3 Å². The Balaban J connectivity index is 1.26. The Kier molecular flexibility index (Phi) is 8.72. The summed E-state index contributed by atoms with van der Waals surface area (Å²) in [6.07, 6.45) is 0. The second-order valence-corrected chi connectivity index (χ2v) is 12.1. The van der Waals surface area contributed by atoms with Crippen LogP contribution in [0.5, 0.6) is 23.0 Å². The van der Waals surface area contributed by atoms with Crippen molar-refractivity contribution in [2.24, 2.45) is 0 Å². The molecule has 0 aromatic heterocycles. The minimum absolute atomic E-state index is 0.810. The van der Waals surface area contributed by atoms with Gasteiger partial charge in [-0.2, -0.15) is 0 Å². The molecule has 7 nitrogen and oxygen atoms in total. The summed E-state index contributed by atoms with van der Waals surface area (Å²) in [7, 11) is 6.72. The third-order valence-electron chi connectivity index (χ3n) is 8.26. The summed E-state index contributed by atoms with van der Waals surface area (Å²) in [5, 5.41) is 3.67. The molecule has 0 spiro atoms. The molecule has 0 saturated heterocycles. The van der Waals surface area contributed by atoms with Crippen LogP contribution in [0.1, 0.15) is 0 Å². The first kappa shape index (κ1) is 30.9. The lowest BCUT2D eigenvalue weighted by atomic mass is 10.1. The molecule has 6 aromatic carbocycles. The lowest BCUT2D eigenvalue weighted by molar-refractivity contribution is 0.414. The predicted octanol–water partition coefficient (Wildman–Crippen LogP) is 10.9. The van der Waals surface area contributed by atoms with Gasteiger partial charge in [0.2, 0.25) is 0 Å². The fourth-order valence-corrected chi connectivity index (χ4v) is 6.81. The van der Waals surface area contributed by atoms with Gasteiger partial charge in [0.1, 0.15) is 23.0 Å². The van der Waals surface area contributed by atoms with Crippen LogP contribution in [0.3, 0.4) is 0 Å². The van der Waals surface area contributed by atoms with Gasteiger partial charge < -0.3 is 34.1 Å². The summed E-state index contributed by atoms with van der Waals surface area (Å²) in [6.45, 7) is 0. The van der Waals surface area contributed by atoms with Gasteiger partial charge in [-0.1, -0.05) is 11.8 Å². The van der Waals surface area contributed by atoms with E-state index in [9.17, 15) is 0 Å². The Bertz CT molecular complexity index is 1770. The van der Waals surface area contributed by atoms with Gasteiger partial charge in [0.25, 0.3) is 0 Å². The van der Waals surface area contributed by atoms with Crippen molar-refractivity contribution in [2.45, 2.75) is 9.79 Å². The molecule has 0 radical (unpaired) electrons. The highest BCUT2D eigenvalue weighted by atomic mass is 32.2. The van der Waals surface area contributed by atoms with E-state index >= 15 is 0 Å². The van der Waals surface area contributed by atoms with Gasteiger partial charge in [0, 0.05) is 43.9 Å². The molecule has 6 aromatic rings.